The summed E-state index contributed by atoms with van der Waals surface area (Å²) in [5.41, 5.74) is -0.0846. The van der Waals surface area contributed by atoms with E-state index in [1.165, 1.54) is 4.90 Å². The molecule has 1 aromatic heterocycles. The maximum absolute atomic E-state index is 12.2. The molecule has 3 rings (SSSR count). The molecule has 0 spiro atoms. The Labute approximate surface area is 172 Å². The number of amides is 1. The Kier molecular flexibility index (Phi) is 6.19. The van der Waals surface area contributed by atoms with Crippen molar-refractivity contribution in [1.29, 1.82) is 0 Å². The summed E-state index contributed by atoms with van der Waals surface area (Å²) in [5.74, 6) is 0.106. The Balaban J connectivity index is 1.66. The number of carbonyl (C=O) groups is 1. The van der Waals surface area contributed by atoms with Crippen LogP contribution in [0.2, 0.25) is 0 Å². The molecule has 0 unspecified atom stereocenters. The third-order valence-corrected chi connectivity index (χ3v) is 6.22. The van der Waals surface area contributed by atoms with Crippen LogP contribution in [0.4, 0.5) is 5.95 Å². The van der Waals surface area contributed by atoms with Crippen LogP contribution in [-0.2, 0) is 14.1 Å². The van der Waals surface area contributed by atoms with E-state index in [0.29, 0.717) is 12.5 Å². The number of nitrogens with zero attached hydrogens (tertiary/aromatic N) is 4. The van der Waals surface area contributed by atoms with Gasteiger partial charge < -0.3 is 29.3 Å². The van der Waals surface area contributed by atoms with Crippen molar-refractivity contribution in [3.05, 3.63) is 12.4 Å². The van der Waals surface area contributed by atoms with Gasteiger partial charge in [0.05, 0.1) is 17.8 Å². The number of likely N-dealkylation sites (N-methyl/N-ethyl adjacent to an activating group) is 1. The molecule has 0 aliphatic carbocycles. The largest absolute Gasteiger partial charge is 0.498 e. The van der Waals surface area contributed by atoms with Gasteiger partial charge >= 0.3 is 7.12 Å². The van der Waals surface area contributed by atoms with Gasteiger partial charge in [0, 0.05) is 44.0 Å². The normalized spacial score (nSPS) is 24.4. The van der Waals surface area contributed by atoms with Crippen molar-refractivity contribution in [3.8, 4) is 0 Å². The number of hydrogen-bond acceptors (Lipinski definition) is 8. The minimum absolute atomic E-state index is 0.0798. The Morgan fingerprint density at radius 3 is 2.45 bits per heavy atom. The Bertz CT molecular complexity index is 714. The number of aliphatic hydroxyl groups excluding tert-OH is 2. The summed E-state index contributed by atoms with van der Waals surface area (Å²) >= 11 is 0. The lowest BCUT2D eigenvalue weighted by atomic mass is 9.81. The maximum Gasteiger partial charge on any atom is 0.498 e. The maximum atomic E-state index is 12.2. The molecule has 2 atom stereocenters. The van der Waals surface area contributed by atoms with E-state index in [9.17, 15) is 9.90 Å². The number of carbonyl (C=O) groups excluding carboxylic acids is 1. The third kappa shape index (κ3) is 4.40. The molecule has 1 amide bonds. The van der Waals surface area contributed by atoms with Crippen molar-refractivity contribution < 1.29 is 24.3 Å². The van der Waals surface area contributed by atoms with Gasteiger partial charge in [-0.25, -0.2) is 9.97 Å². The second-order valence-electron chi connectivity index (χ2n) is 8.79. The quantitative estimate of drug-likeness (QED) is 0.634. The fraction of sp³-hybridized carbons (Fsp3) is 0.737. The average molecular weight is 406 g/mol. The molecule has 0 radical (unpaired) electrons. The van der Waals surface area contributed by atoms with Gasteiger partial charge in [-0.05, 0) is 40.5 Å². The molecule has 2 N–H and O–H groups in total. The predicted molar refractivity (Wildman–Crippen MR) is 109 cm³/mol. The van der Waals surface area contributed by atoms with Crippen LogP contribution in [0.25, 0.3) is 0 Å². The van der Waals surface area contributed by atoms with Gasteiger partial charge in [0.2, 0.25) is 5.95 Å². The zero-order valence-electron chi connectivity index (χ0n) is 17.8. The predicted octanol–water partition coefficient (Wildman–Crippen LogP) is -0.444. The summed E-state index contributed by atoms with van der Waals surface area (Å²) in [6.45, 7) is 8.78. The fourth-order valence-electron chi connectivity index (χ4n) is 3.54. The lowest BCUT2D eigenvalue weighted by Gasteiger charge is -2.38. The molecular formula is C19H31BN4O5. The lowest BCUT2D eigenvalue weighted by molar-refractivity contribution is -0.143. The van der Waals surface area contributed by atoms with E-state index in [2.05, 4.69) is 9.97 Å². The number of hydrogen-bond donors (Lipinski definition) is 2. The summed E-state index contributed by atoms with van der Waals surface area (Å²) in [7, 11) is 1.14. The summed E-state index contributed by atoms with van der Waals surface area (Å²) in [5, 5.41) is 18.6. The molecule has 2 fully saturated rings. The van der Waals surface area contributed by atoms with Crippen LogP contribution >= 0.6 is 0 Å². The molecule has 2 aliphatic rings. The van der Waals surface area contributed by atoms with E-state index < -0.39 is 36.9 Å². The highest BCUT2D eigenvalue weighted by Gasteiger charge is 2.52. The molecule has 160 valence electrons. The summed E-state index contributed by atoms with van der Waals surface area (Å²) < 4.78 is 12.1. The minimum atomic E-state index is -1.38. The van der Waals surface area contributed by atoms with Crippen LogP contribution in [-0.4, -0.2) is 88.2 Å². The lowest BCUT2D eigenvalue weighted by Crippen LogP contribution is -2.52. The highest BCUT2D eigenvalue weighted by Crippen LogP contribution is 2.36. The zero-order chi connectivity index (χ0) is 21.4. The topological polar surface area (TPSA) is 108 Å². The number of aliphatic hydroxyl groups is 2. The van der Waals surface area contributed by atoms with Gasteiger partial charge in [-0.1, -0.05) is 0 Å². The van der Waals surface area contributed by atoms with Crippen molar-refractivity contribution in [2.75, 3.05) is 31.6 Å². The molecule has 0 bridgehead atoms. The van der Waals surface area contributed by atoms with Crippen LogP contribution in [0.1, 0.15) is 40.5 Å². The monoisotopic (exact) mass is 406 g/mol. The van der Waals surface area contributed by atoms with Gasteiger partial charge in [0.25, 0.3) is 5.91 Å². The smallest absolute Gasteiger partial charge is 0.399 e. The fourth-order valence-corrected chi connectivity index (χ4v) is 3.54. The van der Waals surface area contributed by atoms with Crippen molar-refractivity contribution in [3.63, 3.8) is 0 Å². The molecule has 0 saturated carbocycles. The molecule has 10 heteroatoms. The molecule has 0 aromatic carbocycles. The van der Waals surface area contributed by atoms with Crippen molar-refractivity contribution >= 4 is 24.4 Å². The standard InChI is InChI=1S/C19H31BN4O5/c1-18(2)19(3,4)29-20(28-18)13-9-21-17(22-10-13)24-8-6-7-14(11-24)23(5)16(27)15(26)12-25/h9-10,14-15,25-26H,6-8,11-12H2,1-5H3/t14-,15-/m1/s1. The number of anilines is 1. The summed E-state index contributed by atoms with van der Waals surface area (Å²) in [6.07, 6.45) is 3.76. The molecule has 2 saturated heterocycles. The van der Waals surface area contributed by atoms with Crippen LogP contribution < -0.4 is 10.4 Å². The van der Waals surface area contributed by atoms with Gasteiger partial charge in [0.15, 0.2) is 6.10 Å². The molecule has 2 aliphatic heterocycles. The molecule has 1 aromatic rings. The van der Waals surface area contributed by atoms with E-state index in [4.69, 9.17) is 14.4 Å². The average Bonchev–Trinajstić information content (AvgIpc) is 2.93. The van der Waals surface area contributed by atoms with E-state index in [-0.39, 0.29) is 6.04 Å². The van der Waals surface area contributed by atoms with Crippen LogP contribution in [0.5, 0.6) is 0 Å². The Morgan fingerprint density at radius 2 is 1.90 bits per heavy atom. The highest BCUT2D eigenvalue weighted by molar-refractivity contribution is 6.61. The molecule has 29 heavy (non-hydrogen) atoms. The SMILES string of the molecule is CN(C(=O)[C@H](O)CO)[C@@H]1CCCN(c2ncc(B3OC(C)(C)C(C)(C)O3)cn2)C1. The number of rotatable bonds is 5. The van der Waals surface area contributed by atoms with Gasteiger partial charge in [-0.3, -0.25) is 4.79 Å². The van der Waals surface area contributed by atoms with E-state index in [1.807, 2.05) is 32.6 Å². The summed E-state index contributed by atoms with van der Waals surface area (Å²) in [6, 6.07) is -0.0798. The second kappa shape index (κ2) is 8.18. The van der Waals surface area contributed by atoms with E-state index in [0.717, 1.165) is 24.8 Å². The van der Waals surface area contributed by atoms with Crippen molar-refractivity contribution in [1.82, 2.24) is 14.9 Å². The van der Waals surface area contributed by atoms with Crippen molar-refractivity contribution in [2.45, 2.75) is 63.9 Å². The van der Waals surface area contributed by atoms with Gasteiger partial charge in [0.1, 0.15) is 0 Å². The number of piperidine rings is 1. The first-order valence-corrected chi connectivity index (χ1v) is 10.0. The van der Waals surface area contributed by atoms with Gasteiger partial charge in [-0.15, -0.1) is 0 Å². The zero-order valence-corrected chi connectivity index (χ0v) is 17.8. The van der Waals surface area contributed by atoms with E-state index in [1.54, 1.807) is 19.4 Å². The molecule has 9 nitrogen and oxygen atoms in total. The van der Waals surface area contributed by atoms with E-state index >= 15 is 0 Å². The van der Waals surface area contributed by atoms with Crippen LogP contribution in [0, 0.1) is 0 Å². The first kappa shape index (κ1) is 22.0. The summed E-state index contributed by atoms with van der Waals surface area (Å²) in [4.78, 5) is 24.7. The third-order valence-electron chi connectivity index (χ3n) is 6.22. The molecule has 3 heterocycles. The highest BCUT2D eigenvalue weighted by atomic mass is 16.7. The molecular weight excluding hydrogens is 375 g/mol. The van der Waals surface area contributed by atoms with Crippen LogP contribution in [0.15, 0.2) is 12.4 Å². The van der Waals surface area contributed by atoms with Crippen LogP contribution in [0.3, 0.4) is 0 Å². The second-order valence-corrected chi connectivity index (χ2v) is 8.79. The Morgan fingerprint density at radius 1 is 1.31 bits per heavy atom. The number of aromatic nitrogens is 2. The van der Waals surface area contributed by atoms with Gasteiger partial charge in [-0.2, -0.15) is 0 Å². The van der Waals surface area contributed by atoms with Crippen molar-refractivity contribution in [2.24, 2.45) is 0 Å². The minimum Gasteiger partial charge on any atom is -0.399 e. The first-order valence-electron chi connectivity index (χ1n) is 10.0. The first-order chi connectivity index (χ1) is 13.6. The Hall–Kier alpha value is -1.75.